The van der Waals surface area contributed by atoms with Crippen LogP contribution in [0.3, 0.4) is 0 Å². The van der Waals surface area contributed by atoms with Crippen molar-refractivity contribution in [2.75, 3.05) is 13.2 Å². The molecular weight excluding hydrogens is 249 g/mol. The predicted octanol–water partition coefficient (Wildman–Crippen LogP) is 2.58. The van der Waals surface area contributed by atoms with Gasteiger partial charge in [-0.3, -0.25) is 0 Å². The lowest BCUT2D eigenvalue weighted by Crippen LogP contribution is -2.33. The van der Waals surface area contributed by atoms with E-state index in [1.54, 1.807) is 0 Å². The van der Waals surface area contributed by atoms with Gasteiger partial charge in [0.25, 0.3) is 0 Å². The molecule has 1 aromatic rings. The van der Waals surface area contributed by atoms with E-state index in [-0.39, 0.29) is 5.75 Å². The first-order valence-corrected chi connectivity index (χ1v) is 5.55. The molecule has 1 aliphatic heterocycles. The molecule has 1 heterocycles. The van der Waals surface area contributed by atoms with Crippen LogP contribution in [-0.4, -0.2) is 24.7 Å². The molecule has 6 heteroatoms. The minimum absolute atomic E-state index is 0.290. The highest BCUT2D eigenvalue weighted by Crippen LogP contribution is 2.33. The third-order valence-electron chi connectivity index (χ3n) is 2.95. The first kappa shape index (κ1) is 13.2. The molecule has 2 rings (SSSR count). The topological polar surface area (TPSA) is 38.7 Å². The van der Waals surface area contributed by atoms with E-state index in [9.17, 15) is 18.3 Å². The van der Waals surface area contributed by atoms with E-state index < -0.39 is 12.0 Å². The van der Waals surface area contributed by atoms with Crippen LogP contribution in [-0.2, 0) is 10.3 Å². The van der Waals surface area contributed by atoms with Gasteiger partial charge < -0.3 is 14.6 Å². The molecule has 0 saturated carbocycles. The molecule has 1 N–H and O–H groups in total. The summed E-state index contributed by atoms with van der Waals surface area (Å²) in [7, 11) is 0. The van der Waals surface area contributed by atoms with Gasteiger partial charge in [-0.05, 0) is 17.7 Å². The van der Waals surface area contributed by atoms with Crippen LogP contribution in [0.15, 0.2) is 24.3 Å². The van der Waals surface area contributed by atoms with Crippen LogP contribution >= 0.6 is 0 Å². The third kappa shape index (κ3) is 3.14. The molecule has 0 radical (unpaired) electrons. The Labute approximate surface area is 102 Å². The van der Waals surface area contributed by atoms with Crippen LogP contribution < -0.4 is 4.74 Å². The zero-order valence-corrected chi connectivity index (χ0v) is 9.54. The van der Waals surface area contributed by atoms with Crippen molar-refractivity contribution in [2.45, 2.75) is 24.8 Å². The fourth-order valence-corrected chi connectivity index (χ4v) is 1.96. The van der Waals surface area contributed by atoms with Crippen LogP contribution in [0.5, 0.6) is 5.75 Å². The zero-order valence-electron chi connectivity index (χ0n) is 9.54. The minimum atomic E-state index is -4.70. The van der Waals surface area contributed by atoms with E-state index in [0.29, 0.717) is 31.6 Å². The number of hydrogen-bond acceptors (Lipinski definition) is 3. The van der Waals surface area contributed by atoms with Crippen molar-refractivity contribution in [3.05, 3.63) is 29.8 Å². The standard InChI is InChI=1S/C12H13F3O3/c13-12(14,15)18-10-3-1-9(2-4-10)11(16)5-7-17-8-6-11/h1-4,16H,5-8H2. The van der Waals surface area contributed by atoms with E-state index >= 15 is 0 Å². The maximum Gasteiger partial charge on any atom is 0.573 e. The Hall–Kier alpha value is -1.27. The van der Waals surface area contributed by atoms with E-state index in [2.05, 4.69) is 4.74 Å². The van der Waals surface area contributed by atoms with E-state index in [1.807, 2.05) is 0 Å². The van der Waals surface area contributed by atoms with Crippen molar-refractivity contribution >= 4 is 0 Å². The molecule has 0 amide bonds. The molecule has 0 spiro atoms. The molecule has 0 unspecified atom stereocenters. The van der Waals surface area contributed by atoms with Crippen molar-refractivity contribution in [2.24, 2.45) is 0 Å². The fraction of sp³-hybridized carbons (Fsp3) is 0.500. The van der Waals surface area contributed by atoms with Gasteiger partial charge in [-0.2, -0.15) is 0 Å². The lowest BCUT2D eigenvalue weighted by atomic mass is 9.86. The molecule has 0 bridgehead atoms. The summed E-state index contributed by atoms with van der Waals surface area (Å²) >= 11 is 0. The smallest absolute Gasteiger partial charge is 0.406 e. The number of halogens is 3. The predicted molar refractivity (Wildman–Crippen MR) is 57.1 cm³/mol. The molecule has 18 heavy (non-hydrogen) atoms. The van der Waals surface area contributed by atoms with Crippen molar-refractivity contribution in [3.8, 4) is 5.75 Å². The van der Waals surface area contributed by atoms with Gasteiger partial charge in [0.2, 0.25) is 0 Å². The summed E-state index contributed by atoms with van der Waals surface area (Å²) in [5.41, 5.74) is -0.435. The molecule has 1 aromatic carbocycles. The molecule has 0 atom stereocenters. The first-order chi connectivity index (χ1) is 8.39. The highest BCUT2D eigenvalue weighted by atomic mass is 19.4. The Kier molecular flexibility index (Phi) is 3.49. The summed E-state index contributed by atoms with van der Waals surface area (Å²) in [5, 5.41) is 10.3. The molecule has 1 fully saturated rings. The van der Waals surface area contributed by atoms with Gasteiger partial charge >= 0.3 is 6.36 Å². The monoisotopic (exact) mass is 262 g/mol. The zero-order chi connectivity index (χ0) is 13.2. The molecule has 100 valence electrons. The van der Waals surface area contributed by atoms with Crippen LogP contribution in [0.25, 0.3) is 0 Å². The Morgan fingerprint density at radius 1 is 1.11 bits per heavy atom. The lowest BCUT2D eigenvalue weighted by molar-refractivity contribution is -0.274. The SMILES string of the molecule is OC1(c2ccc(OC(F)(F)F)cc2)CCOCC1. The Bertz CT molecular complexity index is 394. The van der Waals surface area contributed by atoms with Gasteiger partial charge in [0.05, 0.1) is 5.60 Å². The number of alkyl halides is 3. The Morgan fingerprint density at radius 2 is 1.67 bits per heavy atom. The fourth-order valence-electron chi connectivity index (χ4n) is 1.96. The molecule has 0 aromatic heterocycles. The summed E-state index contributed by atoms with van der Waals surface area (Å²) in [5.74, 6) is -0.290. The number of rotatable bonds is 2. The normalized spacial score (nSPS) is 19.6. The molecule has 1 saturated heterocycles. The average Bonchev–Trinajstić information content (AvgIpc) is 2.28. The van der Waals surface area contributed by atoms with Gasteiger partial charge in [-0.25, -0.2) is 0 Å². The van der Waals surface area contributed by atoms with Crippen LogP contribution in [0, 0.1) is 0 Å². The van der Waals surface area contributed by atoms with Crippen molar-refractivity contribution < 1.29 is 27.8 Å². The number of aliphatic hydroxyl groups is 1. The summed E-state index contributed by atoms with van der Waals surface area (Å²) in [6.45, 7) is 0.884. The number of benzene rings is 1. The second-order valence-electron chi connectivity index (χ2n) is 4.22. The van der Waals surface area contributed by atoms with Crippen LogP contribution in [0.4, 0.5) is 13.2 Å². The Balaban J connectivity index is 2.12. The van der Waals surface area contributed by atoms with Crippen LogP contribution in [0.1, 0.15) is 18.4 Å². The summed E-state index contributed by atoms with van der Waals surface area (Å²) in [4.78, 5) is 0. The first-order valence-electron chi connectivity index (χ1n) is 5.55. The third-order valence-corrected chi connectivity index (χ3v) is 2.95. The minimum Gasteiger partial charge on any atom is -0.406 e. The average molecular weight is 262 g/mol. The summed E-state index contributed by atoms with van der Waals surface area (Å²) < 4.78 is 44.9. The molecule has 1 aliphatic rings. The van der Waals surface area contributed by atoms with Crippen LogP contribution in [0.2, 0.25) is 0 Å². The second kappa shape index (κ2) is 4.78. The van der Waals surface area contributed by atoms with E-state index in [0.717, 1.165) is 0 Å². The van der Waals surface area contributed by atoms with Gasteiger partial charge in [0, 0.05) is 26.1 Å². The lowest BCUT2D eigenvalue weighted by Gasteiger charge is -2.32. The highest BCUT2D eigenvalue weighted by molar-refractivity contribution is 5.31. The van der Waals surface area contributed by atoms with Crippen molar-refractivity contribution in [1.82, 2.24) is 0 Å². The van der Waals surface area contributed by atoms with Gasteiger partial charge in [0.15, 0.2) is 0 Å². The van der Waals surface area contributed by atoms with Crippen molar-refractivity contribution in [3.63, 3.8) is 0 Å². The van der Waals surface area contributed by atoms with E-state index in [4.69, 9.17) is 4.74 Å². The van der Waals surface area contributed by atoms with Crippen molar-refractivity contribution in [1.29, 1.82) is 0 Å². The quantitative estimate of drug-likeness (QED) is 0.890. The maximum atomic E-state index is 12.0. The van der Waals surface area contributed by atoms with E-state index in [1.165, 1.54) is 24.3 Å². The Morgan fingerprint density at radius 3 is 2.17 bits per heavy atom. The summed E-state index contributed by atoms with van der Waals surface area (Å²) in [6.07, 6.45) is -3.82. The summed E-state index contributed by atoms with van der Waals surface area (Å²) in [6, 6.07) is 5.31. The highest BCUT2D eigenvalue weighted by Gasteiger charge is 2.33. The van der Waals surface area contributed by atoms with Gasteiger partial charge in [-0.15, -0.1) is 13.2 Å². The largest absolute Gasteiger partial charge is 0.573 e. The maximum absolute atomic E-state index is 12.0. The van der Waals surface area contributed by atoms with Gasteiger partial charge in [-0.1, -0.05) is 12.1 Å². The van der Waals surface area contributed by atoms with Gasteiger partial charge in [0.1, 0.15) is 5.75 Å². The molecule has 0 aliphatic carbocycles. The second-order valence-corrected chi connectivity index (χ2v) is 4.22. The molecular formula is C12H13F3O3. The number of hydrogen-bond donors (Lipinski definition) is 1. The molecule has 3 nitrogen and oxygen atoms in total. The number of ether oxygens (including phenoxy) is 2.